The average molecular weight is 307 g/mol. The third-order valence-electron chi connectivity index (χ3n) is 4.10. The highest BCUT2D eigenvalue weighted by Crippen LogP contribution is 2.37. The summed E-state index contributed by atoms with van der Waals surface area (Å²) in [6.45, 7) is 3.62. The van der Waals surface area contributed by atoms with Gasteiger partial charge < -0.3 is 10.6 Å². The van der Waals surface area contributed by atoms with E-state index in [2.05, 4.69) is 21.8 Å². The van der Waals surface area contributed by atoms with Gasteiger partial charge >= 0.3 is 5.00 Å². The molecule has 0 radical (unpaired) electrons. The SMILES string of the molecule is CC1CCCN(c2ncnc3sc([N+](=O)[O-])cc23)C1CN. The number of piperidine rings is 1. The maximum atomic E-state index is 11.0. The molecule has 0 aromatic carbocycles. The maximum absolute atomic E-state index is 11.0. The highest BCUT2D eigenvalue weighted by atomic mass is 32.1. The van der Waals surface area contributed by atoms with Crippen LogP contribution in [0.15, 0.2) is 12.4 Å². The van der Waals surface area contributed by atoms with Gasteiger partial charge in [-0.15, -0.1) is 0 Å². The first kappa shape index (κ1) is 14.2. The van der Waals surface area contributed by atoms with Crippen LogP contribution >= 0.6 is 11.3 Å². The summed E-state index contributed by atoms with van der Waals surface area (Å²) in [5.74, 6) is 1.26. The van der Waals surface area contributed by atoms with Gasteiger partial charge in [-0.25, -0.2) is 9.97 Å². The number of rotatable bonds is 3. The molecule has 2 N–H and O–H groups in total. The van der Waals surface area contributed by atoms with Crippen molar-refractivity contribution in [1.82, 2.24) is 9.97 Å². The second-order valence-electron chi connectivity index (χ2n) is 5.37. The van der Waals surface area contributed by atoms with Crippen molar-refractivity contribution in [3.8, 4) is 0 Å². The lowest BCUT2D eigenvalue weighted by Crippen LogP contribution is -2.49. The van der Waals surface area contributed by atoms with Gasteiger partial charge in [0.1, 0.15) is 17.0 Å². The molecule has 8 heteroatoms. The third-order valence-corrected chi connectivity index (χ3v) is 5.10. The van der Waals surface area contributed by atoms with Crippen molar-refractivity contribution in [1.29, 1.82) is 0 Å². The summed E-state index contributed by atoms with van der Waals surface area (Å²) in [6, 6.07) is 1.79. The average Bonchev–Trinajstić information content (AvgIpc) is 2.91. The maximum Gasteiger partial charge on any atom is 0.326 e. The molecule has 0 aliphatic carbocycles. The smallest absolute Gasteiger partial charge is 0.326 e. The zero-order valence-electron chi connectivity index (χ0n) is 11.7. The van der Waals surface area contributed by atoms with Crippen molar-refractivity contribution < 1.29 is 4.92 Å². The molecule has 3 heterocycles. The number of aromatic nitrogens is 2. The summed E-state index contributed by atoms with van der Waals surface area (Å²) in [4.78, 5) is 22.0. The largest absolute Gasteiger partial charge is 0.351 e. The summed E-state index contributed by atoms with van der Waals surface area (Å²) in [7, 11) is 0. The molecule has 2 unspecified atom stereocenters. The minimum Gasteiger partial charge on any atom is -0.351 e. The van der Waals surface area contributed by atoms with E-state index < -0.39 is 0 Å². The van der Waals surface area contributed by atoms with Crippen LogP contribution in [0.2, 0.25) is 0 Å². The van der Waals surface area contributed by atoms with Crippen LogP contribution in [0.3, 0.4) is 0 Å². The van der Waals surface area contributed by atoms with Crippen molar-refractivity contribution in [3.63, 3.8) is 0 Å². The predicted octanol–water partition coefficient (Wildman–Crippen LogP) is 2.16. The van der Waals surface area contributed by atoms with Crippen LogP contribution in [0.1, 0.15) is 19.8 Å². The van der Waals surface area contributed by atoms with Crippen LogP contribution in [0.25, 0.3) is 10.2 Å². The highest BCUT2D eigenvalue weighted by molar-refractivity contribution is 7.21. The molecular weight excluding hydrogens is 290 g/mol. The minimum atomic E-state index is -0.380. The molecule has 1 saturated heterocycles. The lowest BCUT2D eigenvalue weighted by atomic mass is 9.90. The van der Waals surface area contributed by atoms with Gasteiger partial charge in [0.15, 0.2) is 0 Å². The van der Waals surface area contributed by atoms with Crippen molar-refractivity contribution in [2.75, 3.05) is 18.0 Å². The number of thiophene rings is 1. The number of anilines is 1. The predicted molar refractivity (Wildman–Crippen MR) is 82.7 cm³/mol. The Kier molecular flexibility index (Phi) is 3.73. The molecule has 1 aliphatic heterocycles. The molecule has 7 nitrogen and oxygen atoms in total. The Bertz CT molecular complexity index is 674. The molecular formula is C13H17N5O2S. The van der Waals surface area contributed by atoms with Gasteiger partial charge in [0, 0.05) is 25.2 Å². The molecule has 0 bridgehead atoms. The van der Waals surface area contributed by atoms with E-state index in [1.54, 1.807) is 6.07 Å². The van der Waals surface area contributed by atoms with E-state index in [1.165, 1.54) is 6.33 Å². The monoisotopic (exact) mass is 307 g/mol. The third kappa shape index (κ3) is 2.44. The quantitative estimate of drug-likeness (QED) is 0.689. The molecule has 0 amide bonds. The fraction of sp³-hybridized carbons (Fsp3) is 0.538. The van der Waals surface area contributed by atoms with Crippen molar-refractivity contribution >= 4 is 32.4 Å². The van der Waals surface area contributed by atoms with Crippen molar-refractivity contribution in [2.45, 2.75) is 25.8 Å². The molecule has 21 heavy (non-hydrogen) atoms. The Balaban J connectivity index is 2.08. The normalized spacial score (nSPS) is 22.7. The second kappa shape index (κ2) is 5.53. The van der Waals surface area contributed by atoms with Gasteiger partial charge in [-0.05, 0) is 30.1 Å². The molecule has 0 spiro atoms. The lowest BCUT2D eigenvalue weighted by Gasteiger charge is -2.40. The number of hydrogen-bond donors (Lipinski definition) is 1. The Morgan fingerprint density at radius 3 is 3.10 bits per heavy atom. The molecule has 1 aliphatic rings. The summed E-state index contributed by atoms with van der Waals surface area (Å²) >= 11 is 1.09. The van der Waals surface area contributed by atoms with Crippen molar-refractivity contribution in [2.24, 2.45) is 11.7 Å². The van der Waals surface area contributed by atoms with Gasteiger partial charge in [-0.2, -0.15) is 0 Å². The first-order valence-electron chi connectivity index (χ1n) is 6.97. The highest BCUT2D eigenvalue weighted by Gasteiger charge is 2.30. The Hall–Kier alpha value is -1.80. The minimum absolute atomic E-state index is 0.0982. The van der Waals surface area contributed by atoms with E-state index in [4.69, 9.17) is 5.73 Å². The van der Waals surface area contributed by atoms with Crippen LogP contribution in [0.4, 0.5) is 10.8 Å². The number of fused-ring (bicyclic) bond motifs is 1. The van der Waals surface area contributed by atoms with Crippen LogP contribution < -0.4 is 10.6 Å². The number of hydrogen-bond acceptors (Lipinski definition) is 7. The molecule has 2 aromatic heterocycles. The fourth-order valence-corrected chi connectivity index (χ4v) is 3.83. The van der Waals surface area contributed by atoms with Gasteiger partial charge in [-0.1, -0.05) is 6.92 Å². The molecule has 2 atom stereocenters. The van der Waals surface area contributed by atoms with Crippen LogP contribution in [0, 0.1) is 16.0 Å². The van der Waals surface area contributed by atoms with Crippen molar-refractivity contribution in [3.05, 3.63) is 22.5 Å². The van der Waals surface area contributed by atoms with Crippen LogP contribution in [-0.4, -0.2) is 34.0 Å². The van der Waals surface area contributed by atoms with Crippen LogP contribution in [-0.2, 0) is 0 Å². The van der Waals surface area contributed by atoms with E-state index in [0.29, 0.717) is 17.3 Å². The molecule has 112 valence electrons. The van der Waals surface area contributed by atoms with E-state index in [0.717, 1.165) is 41.9 Å². The first-order chi connectivity index (χ1) is 10.1. The topological polar surface area (TPSA) is 98.2 Å². The van der Waals surface area contributed by atoms with Gasteiger partial charge in [0.25, 0.3) is 0 Å². The van der Waals surface area contributed by atoms with Crippen LogP contribution in [0.5, 0.6) is 0 Å². The van der Waals surface area contributed by atoms with Gasteiger partial charge in [-0.3, -0.25) is 10.1 Å². The van der Waals surface area contributed by atoms with E-state index in [-0.39, 0.29) is 16.0 Å². The zero-order valence-corrected chi connectivity index (χ0v) is 12.5. The Labute approximate surface area is 125 Å². The second-order valence-corrected chi connectivity index (χ2v) is 6.38. The Morgan fingerprint density at radius 1 is 1.57 bits per heavy atom. The Morgan fingerprint density at radius 2 is 2.38 bits per heavy atom. The molecule has 2 aromatic rings. The molecule has 1 fully saturated rings. The molecule has 0 saturated carbocycles. The zero-order chi connectivity index (χ0) is 15.0. The van der Waals surface area contributed by atoms with E-state index in [9.17, 15) is 10.1 Å². The standard InChI is InChI=1S/C13H17N5O2S/c1-8-3-2-4-17(10(8)6-14)12-9-5-11(18(19)20)21-13(9)16-7-15-12/h5,7-8,10H,2-4,6,14H2,1H3. The fourth-order valence-electron chi connectivity index (χ4n) is 3.02. The number of nitrogens with two attached hydrogens (primary N) is 1. The van der Waals surface area contributed by atoms with E-state index >= 15 is 0 Å². The first-order valence-corrected chi connectivity index (χ1v) is 7.79. The number of nitrogens with zero attached hydrogens (tertiary/aromatic N) is 4. The summed E-state index contributed by atoms with van der Waals surface area (Å²) in [6.07, 6.45) is 3.70. The van der Waals surface area contributed by atoms with E-state index in [1.807, 2.05) is 0 Å². The summed E-state index contributed by atoms with van der Waals surface area (Å²) < 4.78 is 0. The molecule has 3 rings (SSSR count). The van der Waals surface area contributed by atoms with Gasteiger partial charge in [0.05, 0.1) is 10.3 Å². The summed E-state index contributed by atoms with van der Waals surface area (Å²) in [5.41, 5.74) is 5.93. The number of nitro groups is 1. The lowest BCUT2D eigenvalue weighted by molar-refractivity contribution is -0.380. The summed E-state index contributed by atoms with van der Waals surface area (Å²) in [5, 5.41) is 11.8. The van der Waals surface area contributed by atoms with Gasteiger partial charge in [0.2, 0.25) is 0 Å².